The van der Waals surface area contributed by atoms with Gasteiger partial charge in [-0.2, -0.15) is 5.10 Å². The van der Waals surface area contributed by atoms with E-state index in [0.29, 0.717) is 11.8 Å². The standard InChI is InChI=1S/C22H34N4O/c1-22(2)13-12-18(9-6-17-7-10-19(11-8-17)25(3)4)20(21(22)27-5)14-26-16-23-15-24-26/h7-8,10-11,15-16,18,20-21H,6,9,12-14H2,1-5H3/t18-,20+,21-/m1/s1. The molecule has 1 aromatic heterocycles. The molecule has 0 saturated heterocycles. The van der Waals surface area contributed by atoms with E-state index in [0.717, 1.165) is 13.0 Å². The lowest BCUT2D eigenvalue weighted by atomic mass is 9.63. The van der Waals surface area contributed by atoms with Crippen molar-refractivity contribution in [1.29, 1.82) is 0 Å². The van der Waals surface area contributed by atoms with E-state index in [9.17, 15) is 0 Å². The lowest BCUT2D eigenvalue weighted by Gasteiger charge is -2.47. The number of anilines is 1. The molecular weight excluding hydrogens is 336 g/mol. The van der Waals surface area contributed by atoms with Crippen LogP contribution in [0.2, 0.25) is 0 Å². The highest BCUT2D eigenvalue weighted by Crippen LogP contribution is 2.45. The third kappa shape index (κ3) is 4.70. The maximum atomic E-state index is 6.03. The van der Waals surface area contributed by atoms with Crippen molar-refractivity contribution >= 4 is 5.69 Å². The molecular formula is C22H34N4O. The van der Waals surface area contributed by atoms with E-state index >= 15 is 0 Å². The van der Waals surface area contributed by atoms with Crippen molar-refractivity contribution in [3.63, 3.8) is 0 Å². The van der Waals surface area contributed by atoms with E-state index in [1.807, 2.05) is 18.1 Å². The van der Waals surface area contributed by atoms with Gasteiger partial charge in [0.25, 0.3) is 0 Å². The number of benzene rings is 1. The average Bonchev–Trinajstić information content (AvgIpc) is 3.14. The first kappa shape index (κ1) is 19.9. The molecule has 1 saturated carbocycles. The Labute approximate surface area is 163 Å². The van der Waals surface area contributed by atoms with Gasteiger partial charge in [-0.25, -0.2) is 4.98 Å². The second-order valence-corrected chi connectivity index (χ2v) is 8.82. The Morgan fingerprint density at radius 3 is 2.56 bits per heavy atom. The maximum absolute atomic E-state index is 6.03. The zero-order valence-corrected chi connectivity index (χ0v) is 17.4. The smallest absolute Gasteiger partial charge is 0.137 e. The quantitative estimate of drug-likeness (QED) is 0.738. The van der Waals surface area contributed by atoms with Gasteiger partial charge in [0.1, 0.15) is 12.7 Å². The normalized spacial score (nSPS) is 24.7. The molecule has 1 aliphatic rings. The molecule has 3 atom stereocenters. The number of ether oxygens (including phenoxy) is 1. The molecule has 2 aromatic rings. The van der Waals surface area contributed by atoms with Crippen molar-refractivity contribution in [2.24, 2.45) is 17.3 Å². The zero-order valence-electron chi connectivity index (χ0n) is 17.4. The largest absolute Gasteiger partial charge is 0.381 e. The highest BCUT2D eigenvalue weighted by molar-refractivity contribution is 5.46. The fourth-order valence-corrected chi connectivity index (χ4v) is 4.69. The van der Waals surface area contributed by atoms with Crippen molar-refractivity contribution in [2.75, 3.05) is 26.1 Å². The van der Waals surface area contributed by atoms with Crippen LogP contribution in [-0.2, 0) is 17.7 Å². The third-order valence-corrected chi connectivity index (χ3v) is 6.30. The second kappa shape index (κ2) is 8.42. The summed E-state index contributed by atoms with van der Waals surface area (Å²) in [5, 5.41) is 4.35. The second-order valence-electron chi connectivity index (χ2n) is 8.82. The van der Waals surface area contributed by atoms with Crippen LogP contribution in [0.4, 0.5) is 5.69 Å². The summed E-state index contributed by atoms with van der Waals surface area (Å²) in [6, 6.07) is 8.96. The molecule has 0 unspecified atom stereocenters. The van der Waals surface area contributed by atoms with Gasteiger partial charge >= 0.3 is 0 Å². The molecule has 1 aromatic carbocycles. The van der Waals surface area contributed by atoms with Gasteiger partial charge < -0.3 is 9.64 Å². The van der Waals surface area contributed by atoms with E-state index in [4.69, 9.17) is 4.74 Å². The Balaban J connectivity index is 1.71. The first-order valence-corrected chi connectivity index (χ1v) is 10.0. The maximum Gasteiger partial charge on any atom is 0.137 e. The molecule has 1 heterocycles. The molecule has 1 fully saturated rings. The SMILES string of the molecule is CO[C@@H]1[C@@H](Cn2cncn2)[C@H](CCc2ccc(N(C)C)cc2)CCC1(C)C. The fourth-order valence-electron chi connectivity index (χ4n) is 4.69. The van der Waals surface area contributed by atoms with Crippen molar-refractivity contribution in [1.82, 2.24) is 14.8 Å². The van der Waals surface area contributed by atoms with Gasteiger partial charge in [0.2, 0.25) is 0 Å². The van der Waals surface area contributed by atoms with Crippen molar-refractivity contribution in [3.8, 4) is 0 Å². The third-order valence-electron chi connectivity index (χ3n) is 6.30. The van der Waals surface area contributed by atoms with Gasteiger partial charge in [0, 0.05) is 39.4 Å². The van der Waals surface area contributed by atoms with E-state index in [1.165, 1.54) is 30.5 Å². The molecule has 0 radical (unpaired) electrons. The van der Waals surface area contributed by atoms with Crippen LogP contribution in [0.3, 0.4) is 0 Å². The molecule has 0 amide bonds. The number of hydrogen-bond donors (Lipinski definition) is 0. The summed E-state index contributed by atoms with van der Waals surface area (Å²) in [6.07, 6.45) is 8.46. The van der Waals surface area contributed by atoms with E-state index in [-0.39, 0.29) is 11.5 Å². The van der Waals surface area contributed by atoms with Gasteiger partial charge in [0.15, 0.2) is 0 Å². The summed E-state index contributed by atoms with van der Waals surface area (Å²) in [5.74, 6) is 1.10. The Kier molecular flexibility index (Phi) is 6.20. The molecule has 5 heteroatoms. The molecule has 1 aliphatic carbocycles. The predicted octanol–water partition coefficient (Wildman–Crippen LogP) is 4.04. The Morgan fingerprint density at radius 2 is 1.96 bits per heavy atom. The summed E-state index contributed by atoms with van der Waals surface area (Å²) < 4.78 is 7.99. The van der Waals surface area contributed by atoms with Crippen LogP contribution >= 0.6 is 0 Å². The Morgan fingerprint density at radius 1 is 1.22 bits per heavy atom. The minimum Gasteiger partial charge on any atom is -0.381 e. The topological polar surface area (TPSA) is 43.2 Å². The fraction of sp³-hybridized carbons (Fsp3) is 0.636. The van der Waals surface area contributed by atoms with E-state index in [2.05, 4.69) is 67.2 Å². The molecule has 27 heavy (non-hydrogen) atoms. The summed E-state index contributed by atoms with van der Waals surface area (Å²) >= 11 is 0. The highest BCUT2D eigenvalue weighted by Gasteiger charge is 2.44. The Bertz CT molecular complexity index is 694. The van der Waals surface area contributed by atoms with Gasteiger partial charge in [0.05, 0.1) is 6.10 Å². The van der Waals surface area contributed by atoms with Crippen LogP contribution in [-0.4, -0.2) is 42.1 Å². The van der Waals surface area contributed by atoms with Gasteiger partial charge in [-0.1, -0.05) is 26.0 Å². The van der Waals surface area contributed by atoms with Gasteiger partial charge in [-0.05, 0) is 54.7 Å². The number of methoxy groups -OCH3 is 1. The monoisotopic (exact) mass is 370 g/mol. The highest BCUT2D eigenvalue weighted by atomic mass is 16.5. The molecule has 0 bridgehead atoms. The summed E-state index contributed by atoms with van der Waals surface area (Å²) in [4.78, 5) is 6.27. The Hall–Kier alpha value is -1.88. The van der Waals surface area contributed by atoms with Gasteiger partial charge in [-0.15, -0.1) is 0 Å². The first-order valence-electron chi connectivity index (χ1n) is 10.0. The van der Waals surface area contributed by atoms with Crippen LogP contribution in [0.25, 0.3) is 0 Å². The number of aromatic nitrogens is 3. The van der Waals surface area contributed by atoms with Crippen molar-refractivity contribution in [2.45, 2.75) is 52.2 Å². The van der Waals surface area contributed by atoms with Crippen LogP contribution < -0.4 is 4.90 Å². The average molecular weight is 371 g/mol. The molecule has 5 nitrogen and oxygen atoms in total. The van der Waals surface area contributed by atoms with Crippen LogP contribution in [0.15, 0.2) is 36.9 Å². The van der Waals surface area contributed by atoms with Crippen molar-refractivity contribution < 1.29 is 4.74 Å². The number of aryl methyl sites for hydroxylation is 1. The van der Waals surface area contributed by atoms with Crippen LogP contribution in [0.1, 0.15) is 38.7 Å². The molecule has 0 N–H and O–H groups in total. The summed E-state index contributed by atoms with van der Waals surface area (Å²) in [6.45, 7) is 5.56. The minimum atomic E-state index is 0.198. The van der Waals surface area contributed by atoms with Crippen LogP contribution in [0.5, 0.6) is 0 Å². The lowest BCUT2D eigenvalue weighted by molar-refractivity contribution is -0.0925. The molecule has 0 aliphatic heterocycles. The predicted molar refractivity (Wildman–Crippen MR) is 110 cm³/mol. The van der Waals surface area contributed by atoms with Crippen molar-refractivity contribution in [3.05, 3.63) is 42.5 Å². The van der Waals surface area contributed by atoms with Gasteiger partial charge in [-0.3, -0.25) is 4.68 Å². The van der Waals surface area contributed by atoms with Crippen LogP contribution in [0, 0.1) is 17.3 Å². The molecule has 148 valence electrons. The van der Waals surface area contributed by atoms with E-state index in [1.54, 1.807) is 6.33 Å². The summed E-state index contributed by atoms with van der Waals surface area (Å²) in [5.41, 5.74) is 2.87. The lowest BCUT2D eigenvalue weighted by Crippen LogP contribution is -2.47. The first-order chi connectivity index (χ1) is 12.9. The summed E-state index contributed by atoms with van der Waals surface area (Å²) in [7, 11) is 6.03. The molecule has 0 spiro atoms. The molecule has 3 rings (SSSR count). The number of nitrogens with zero attached hydrogens (tertiary/aromatic N) is 4. The minimum absolute atomic E-state index is 0.198. The number of rotatable bonds is 7. The number of hydrogen-bond acceptors (Lipinski definition) is 4. The van der Waals surface area contributed by atoms with E-state index < -0.39 is 0 Å². The zero-order chi connectivity index (χ0) is 19.4.